The van der Waals surface area contributed by atoms with Gasteiger partial charge in [-0.2, -0.15) is 0 Å². The summed E-state index contributed by atoms with van der Waals surface area (Å²) in [6.07, 6.45) is 1.28. The van der Waals surface area contributed by atoms with Gasteiger partial charge in [-0.3, -0.25) is 0 Å². The van der Waals surface area contributed by atoms with Crippen LogP contribution in [0.1, 0.15) is 13.8 Å². The number of carbonyl (C=O) groups is 4. The average molecular weight is 260 g/mol. The fourth-order valence-electron chi connectivity index (χ4n) is 0.494. The van der Waals surface area contributed by atoms with Crippen LogP contribution >= 0.6 is 0 Å². The molecule has 0 heterocycles. The van der Waals surface area contributed by atoms with Gasteiger partial charge in [-0.05, 0) is 13.8 Å². The predicted octanol–water partition coefficient (Wildman–Crippen LogP) is 0.204. The molecule has 8 nitrogen and oxygen atoms in total. The van der Waals surface area contributed by atoms with E-state index in [2.05, 4.69) is 0 Å². The van der Waals surface area contributed by atoms with Crippen molar-refractivity contribution in [1.29, 1.82) is 0 Å². The molecule has 0 aromatic rings. The van der Waals surface area contributed by atoms with Crippen LogP contribution in [0.4, 0.5) is 0 Å². The van der Waals surface area contributed by atoms with Crippen molar-refractivity contribution in [1.82, 2.24) is 0 Å². The normalized spacial score (nSPS) is 11.0. The van der Waals surface area contributed by atoms with E-state index in [1.807, 2.05) is 0 Å². The first kappa shape index (κ1) is 17.7. The van der Waals surface area contributed by atoms with E-state index in [9.17, 15) is 19.2 Å². The van der Waals surface area contributed by atoms with Gasteiger partial charge in [0.2, 0.25) is 0 Å². The van der Waals surface area contributed by atoms with Crippen LogP contribution < -0.4 is 0 Å². The van der Waals surface area contributed by atoms with Crippen molar-refractivity contribution in [3.8, 4) is 0 Å². The zero-order chi connectivity index (χ0) is 14.9. The van der Waals surface area contributed by atoms with E-state index in [0.717, 1.165) is 0 Å². The SMILES string of the molecule is CC(=CC(=O)O)C(=O)O.CC(=CC(=O)O)C(=O)O. The quantitative estimate of drug-likeness (QED) is 0.523. The molecule has 0 aromatic carbocycles. The lowest BCUT2D eigenvalue weighted by Gasteiger charge is -1.86. The molecule has 18 heavy (non-hydrogen) atoms. The van der Waals surface area contributed by atoms with E-state index in [0.29, 0.717) is 12.2 Å². The van der Waals surface area contributed by atoms with Gasteiger partial charge in [0.25, 0.3) is 0 Å². The molecule has 0 bridgehead atoms. The number of hydrogen-bond donors (Lipinski definition) is 4. The molecule has 0 unspecified atom stereocenters. The van der Waals surface area contributed by atoms with E-state index < -0.39 is 23.9 Å². The Morgan fingerprint density at radius 3 is 0.944 bits per heavy atom. The maximum atomic E-state index is 9.90. The molecule has 100 valence electrons. The van der Waals surface area contributed by atoms with Crippen LogP contribution in [0.5, 0.6) is 0 Å². The van der Waals surface area contributed by atoms with Gasteiger partial charge >= 0.3 is 23.9 Å². The molecule has 0 aliphatic heterocycles. The molecule has 8 heteroatoms. The van der Waals surface area contributed by atoms with Gasteiger partial charge in [-0.25, -0.2) is 19.2 Å². The van der Waals surface area contributed by atoms with E-state index in [1.54, 1.807) is 0 Å². The summed E-state index contributed by atoms with van der Waals surface area (Å²) in [5.41, 5.74) is -0.356. The standard InChI is InChI=1S/2C5H6O4/c2*1-3(5(8)9)2-4(6)7/h2*2H,1H3,(H,6,7)(H,8,9). The van der Waals surface area contributed by atoms with Crippen LogP contribution in [-0.4, -0.2) is 44.3 Å². The van der Waals surface area contributed by atoms with Crippen LogP contribution in [0, 0.1) is 0 Å². The number of hydrogen-bond acceptors (Lipinski definition) is 4. The molecule has 0 amide bonds. The first-order chi connectivity index (χ1) is 8.07. The third-order valence-electron chi connectivity index (χ3n) is 1.35. The van der Waals surface area contributed by atoms with Gasteiger partial charge in [0.1, 0.15) is 0 Å². The highest BCUT2D eigenvalue weighted by atomic mass is 16.4. The summed E-state index contributed by atoms with van der Waals surface area (Å²) in [6, 6.07) is 0. The zero-order valence-electron chi connectivity index (χ0n) is 9.58. The molecular formula is C10H12O8. The maximum Gasteiger partial charge on any atom is 0.331 e. The monoisotopic (exact) mass is 260 g/mol. The van der Waals surface area contributed by atoms with Crippen LogP contribution in [-0.2, 0) is 19.2 Å². The number of carboxylic acid groups (broad SMARTS) is 4. The van der Waals surface area contributed by atoms with Crippen LogP contribution in [0.25, 0.3) is 0 Å². The van der Waals surface area contributed by atoms with Crippen molar-refractivity contribution < 1.29 is 39.6 Å². The molecule has 0 saturated carbocycles. The van der Waals surface area contributed by atoms with Crippen LogP contribution in [0.2, 0.25) is 0 Å². The van der Waals surface area contributed by atoms with Gasteiger partial charge in [0.05, 0.1) is 0 Å². The Balaban J connectivity index is 0. The lowest BCUT2D eigenvalue weighted by atomic mass is 10.3. The molecule has 0 radical (unpaired) electrons. The Labute approximate surface area is 101 Å². The smallest absolute Gasteiger partial charge is 0.331 e. The highest BCUT2D eigenvalue weighted by Gasteiger charge is 2.01. The van der Waals surface area contributed by atoms with Crippen molar-refractivity contribution in [2.24, 2.45) is 0 Å². The van der Waals surface area contributed by atoms with Crippen molar-refractivity contribution >= 4 is 23.9 Å². The largest absolute Gasteiger partial charge is 0.478 e. The minimum absolute atomic E-state index is 0.178. The van der Waals surface area contributed by atoms with Gasteiger partial charge in [0.15, 0.2) is 0 Å². The summed E-state index contributed by atoms with van der Waals surface area (Å²) in [6.45, 7) is 2.44. The maximum absolute atomic E-state index is 9.90. The lowest BCUT2D eigenvalue weighted by molar-refractivity contribution is -0.135. The summed E-state index contributed by atoms with van der Waals surface area (Å²) in [5.74, 6) is -4.90. The molecule has 0 spiro atoms. The summed E-state index contributed by atoms with van der Waals surface area (Å²) in [5, 5.41) is 32.2. The minimum Gasteiger partial charge on any atom is -0.478 e. The minimum atomic E-state index is -1.24. The van der Waals surface area contributed by atoms with Crippen LogP contribution in [0.15, 0.2) is 23.3 Å². The fourth-order valence-corrected chi connectivity index (χ4v) is 0.494. The molecule has 0 atom stereocenters. The zero-order valence-corrected chi connectivity index (χ0v) is 9.58. The topological polar surface area (TPSA) is 149 Å². The highest BCUT2D eigenvalue weighted by molar-refractivity contribution is 5.94. The van der Waals surface area contributed by atoms with E-state index in [1.165, 1.54) is 13.8 Å². The second-order valence-electron chi connectivity index (χ2n) is 2.94. The summed E-state index contributed by atoms with van der Waals surface area (Å²) in [4.78, 5) is 39.4. The average Bonchev–Trinajstić information content (AvgIpc) is 2.16. The molecule has 0 saturated heterocycles. The molecular weight excluding hydrogens is 248 g/mol. The first-order valence-electron chi connectivity index (χ1n) is 4.37. The molecule has 0 fully saturated rings. The molecule has 0 aliphatic carbocycles. The van der Waals surface area contributed by atoms with Crippen molar-refractivity contribution in [3.05, 3.63) is 23.3 Å². The Bertz CT molecular complexity index is 376. The van der Waals surface area contributed by atoms with Crippen molar-refractivity contribution in [2.75, 3.05) is 0 Å². The number of rotatable bonds is 4. The third kappa shape index (κ3) is 11.4. The van der Waals surface area contributed by atoms with Crippen molar-refractivity contribution in [2.45, 2.75) is 13.8 Å². The summed E-state index contributed by atoms with van der Waals surface area (Å²) >= 11 is 0. The fraction of sp³-hybridized carbons (Fsp3) is 0.200. The van der Waals surface area contributed by atoms with Gasteiger partial charge in [-0.15, -0.1) is 0 Å². The van der Waals surface area contributed by atoms with Gasteiger partial charge in [-0.1, -0.05) is 0 Å². The van der Waals surface area contributed by atoms with E-state index in [-0.39, 0.29) is 11.1 Å². The molecule has 4 N–H and O–H groups in total. The summed E-state index contributed by atoms with van der Waals surface area (Å²) in [7, 11) is 0. The summed E-state index contributed by atoms with van der Waals surface area (Å²) < 4.78 is 0. The van der Waals surface area contributed by atoms with Crippen molar-refractivity contribution in [3.63, 3.8) is 0 Å². The van der Waals surface area contributed by atoms with Crippen LogP contribution in [0.3, 0.4) is 0 Å². The van der Waals surface area contributed by atoms with E-state index in [4.69, 9.17) is 20.4 Å². The number of aliphatic carboxylic acids is 4. The number of carboxylic acids is 4. The Hall–Kier alpha value is -2.64. The second kappa shape index (κ2) is 8.50. The third-order valence-corrected chi connectivity index (χ3v) is 1.35. The predicted molar refractivity (Wildman–Crippen MR) is 58.1 cm³/mol. The molecule has 0 rings (SSSR count). The molecule has 0 aromatic heterocycles. The second-order valence-corrected chi connectivity index (χ2v) is 2.94. The Kier molecular flexibility index (Phi) is 8.38. The Morgan fingerprint density at radius 1 is 0.667 bits per heavy atom. The Morgan fingerprint density at radius 2 is 0.889 bits per heavy atom. The highest BCUT2D eigenvalue weighted by Crippen LogP contribution is 1.90. The van der Waals surface area contributed by atoms with Gasteiger partial charge in [0, 0.05) is 23.3 Å². The first-order valence-corrected chi connectivity index (χ1v) is 4.37. The lowest BCUT2D eigenvalue weighted by Crippen LogP contribution is -1.99. The van der Waals surface area contributed by atoms with Gasteiger partial charge < -0.3 is 20.4 Å². The van der Waals surface area contributed by atoms with E-state index >= 15 is 0 Å². The molecule has 0 aliphatic rings.